The summed E-state index contributed by atoms with van der Waals surface area (Å²) in [6.45, 7) is 3.77. The van der Waals surface area contributed by atoms with E-state index in [9.17, 15) is 4.79 Å². The number of benzene rings is 1. The number of Topliss-reactive ketones (excluding diaryl/α,β-unsaturated/α-hetero) is 1. The fraction of sp³-hybridized carbons (Fsp3) is 0.467. The average Bonchev–Trinajstić information content (AvgIpc) is 2.42. The van der Waals surface area contributed by atoms with Crippen molar-refractivity contribution in [3.8, 4) is 0 Å². The topological polar surface area (TPSA) is 44.4 Å². The molecule has 0 saturated carbocycles. The molecule has 0 radical (unpaired) electrons. The average molecular weight is 291 g/mol. The predicted molar refractivity (Wildman–Crippen MR) is 86.3 cm³/mol. The Morgan fingerprint density at radius 3 is 2.40 bits per heavy atom. The summed E-state index contributed by atoms with van der Waals surface area (Å²) in [5, 5.41) is 7.16. The molecule has 1 heterocycles. The summed E-state index contributed by atoms with van der Waals surface area (Å²) < 4.78 is 0. The maximum atomic E-state index is 11.2. The Kier molecular flexibility index (Phi) is 5.09. The van der Waals surface area contributed by atoms with Gasteiger partial charge in [0.15, 0.2) is 10.9 Å². The summed E-state index contributed by atoms with van der Waals surface area (Å²) in [7, 11) is 2.14. The lowest BCUT2D eigenvalue weighted by Crippen LogP contribution is -2.44. The van der Waals surface area contributed by atoms with Gasteiger partial charge >= 0.3 is 0 Å². The summed E-state index contributed by atoms with van der Waals surface area (Å²) in [5.74, 6) is 0.0728. The highest BCUT2D eigenvalue weighted by Crippen LogP contribution is 2.11. The summed E-state index contributed by atoms with van der Waals surface area (Å²) in [6, 6.07) is 7.81. The highest BCUT2D eigenvalue weighted by Gasteiger charge is 2.16. The van der Waals surface area contributed by atoms with E-state index in [2.05, 4.69) is 22.6 Å². The van der Waals surface area contributed by atoms with Crippen molar-refractivity contribution >= 4 is 28.8 Å². The highest BCUT2D eigenvalue weighted by atomic mass is 32.1. The van der Waals surface area contributed by atoms with Gasteiger partial charge in [-0.2, -0.15) is 0 Å². The van der Waals surface area contributed by atoms with Crippen LogP contribution in [-0.2, 0) is 0 Å². The number of anilines is 1. The van der Waals surface area contributed by atoms with Crippen LogP contribution in [0.3, 0.4) is 0 Å². The number of hydrogen-bond acceptors (Lipinski definition) is 3. The monoisotopic (exact) mass is 291 g/mol. The summed E-state index contributed by atoms with van der Waals surface area (Å²) in [4.78, 5) is 13.5. The van der Waals surface area contributed by atoms with E-state index in [4.69, 9.17) is 12.2 Å². The fourth-order valence-electron chi connectivity index (χ4n) is 2.29. The minimum absolute atomic E-state index is 0.0728. The molecule has 0 atom stereocenters. The third-order valence-corrected chi connectivity index (χ3v) is 3.82. The lowest BCUT2D eigenvalue weighted by atomic mass is 10.1. The van der Waals surface area contributed by atoms with Gasteiger partial charge in [0.25, 0.3) is 0 Å². The summed E-state index contributed by atoms with van der Waals surface area (Å²) >= 11 is 5.33. The molecule has 1 aliphatic heterocycles. The van der Waals surface area contributed by atoms with Crippen LogP contribution in [0.15, 0.2) is 24.3 Å². The van der Waals surface area contributed by atoms with Crippen molar-refractivity contribution in [3.05, 3.63) is 29.8 Å². The first-order valence-electron chi connectivity index (χ1n) is 6.91. The molecule has 0 spiro atoms. The van der Waals surface area contributed by atoms with Crippen LogP contribution in [-0.4, -0.2) is 42.0 Å². The number of thiocarbonyl (C=S) groups is 1. The zero-order valence-electron chi connectivity index (χ0n) is 12.0. The largest absolute Gasteiger partial charge is 0.360 e. The van der Waals surface area contributed by atoms with E-state index in [1.54, 1.807) is 6.92 Å². The van der Waals surface area contributed by atoms with Crippen molar-refractivity contribution in [1.29, 1.82) is 0 Å². The second-order valence-corrected chi connectivity index (χ2v) is 5.72. The SMILES string of the molecule is CC(=O)c1ccc(NC(=S)NC2CCN(C)CC2)cc1. The first kappa shape index (κ1) is 14.9. The molecule has 1 aromatic carbocycles. The van der Waals surface area contributed by atoms with Gasteiger partial charge in [0.05, 0.1) is 0 Å². The van der Waals surface area contributed by atoms with E-state index >= 15 is 0 Å². The number of nitrogens with one attached hydrogen (secondary N) is 2. The normalized spacial score (nSPS) is 16.7. The Bertz CT molecular complexity index is 478. The van der Waals surface area contributed by atoms with Crippen LogP contribution in [0, 0.1) is 0 Å². The third-order valence-electron chi connectivity index (χ3n) is 3.60. The molecule has 1 aliphatic rings. The number of nitrogens with zero attached hydrogens (tertiary/aromatic N) is 1. The highest BCUT2D eigenvalue weighted by molar-refractivity contribution is 7.80. The van der Waals surface area contributed by atoms with E-state index in [0.29, 0.717) is 16.7 Å². The second kappa shape index (κ2) is 6.81. The van der Waals surface area contributed by atoms with Crippen LogP contribution in [0.5, 0.6) is 0 Å². The fourth-order valence-corrected chi connectivity index (χ4v) is 2.58. The van der Waals surface area contributed by atoms with E-state index in [1.165, 1.54) is 0 Å². The summed E-state index contributed by atoms with van der Waals surface area (Å²) in [6.07, 6.45) is 2.23. The Hall–Kier alpha value is -1.46. The zero-order chi connectivity index (χ0) is 14.5. The number of carbonyl (C=O) groups excluding carboxylic acids is 1. The molecule has 5 heteroatoms. The van der Waals surface area contributed by atoms with Crippen LogP contribution in [0.4, 0.5) is 5.69 Å². The Labute approximate surface area is 125 Å². The van der Waals surface area contributed by atoms with Crippen LogP contribution in [0.1, 0.15) is 30.1 Å². The van der Waals surface area contributed by atoms with Gasteiger partial charge in [-0.3, -0.25) is 4.79 Å². The van der Waals surface area contributed by atoms with Gasteiger partial charge in [-0.1, -0.05) is 0 Å². The Balaban J connectivity index is 1.83. The Morgan fingerprint density at radius 1 is 1.25 bits per heavy atom. The van der Waals surface area contributed by atoms with Gasteiger partial charge in [-0.15, -0.1) is 0 Å². The number of hydrogen-bond donors (Lipinski definition) is 2. The number of carbonyl (C=O) groups is 1. The third kappa shape index (κ3) is 4.28. The lowest BCUT2D eigenvalue weighted by Gasteiger charge is -2.30. The minimum atomic E-state index is 0.0728. The number of likely N-dealkylation sites (tertiary alicyclic amines) is 1. The van der Waals surface area contributed by atoms with E-state index in [-0.39, 0.29) is 5.78 Å². The number of rotatable bonds is 3. The van der Waals surface area contributed by atoms with Crippen LogP contribution < -0.4 is 10.6 Å². The van der Waals surface area contributed by atoms with Gasteiger partial charge in [0.2, 0.25) is 0 Å². The first-order chi connectivity index (χ1) is 9.54. The molecule has 20 heavy (non-hydrogen) atoms. The van der Waals surface area contributed by atoms with Gasteiger partial charge in [-0.05, 0) is 76.4 Å². The van der Waals surface area contributed by atoms with Gasteiger partial charge in [0, 0.05) is 17.3 Å². The van der Waals surface area contributed by atoms with Crippen molar-refractivity contribution in [2.24, 2.45) is 0 Å². The van der Waals surface area contributed by atoms with Crippen molar-refractivity contribution < 1.29 is 4.79 Å². The van der Waals surface area contributed by atoms with Crippen molar-refractivity contribution in [3.63, 3.8) is 0 Å². The molecule has 2 N–H and O–H groups in total. The summed E-state index contributed by atoms with van der Waals surface area (Å²) in [5.41, 5.74) is 1.62. The van der Waals surface area contributed by atoms with Crippen LogP contribution in [0.2, 0.25) is 0 Å². The van der Waals surface area contributed by atoms with Crippen molar-refractivity contribution in [2.45, 2.75) is 25.8 Å². The quantitative estimate of drug-likeness (QED) is 0.661. The minimum Gasteiger partial charge on any atom is -0.360 e. The molecular weight excluding hydrogens is 270 g/mol. The van der Waals surface area contributed by atoms with E-state index in [1.807, 2.05) is 24.3 Å². The molecule has 0 amide bonds. The molecule has 2 rings (SSSR count). The molecule has 1 fully saturated rings. The van der Waals surface area contributed by atoms with E-state index in [0.717, 1.165) is 31.6 Å². The molecule has 108 valence electrons. The maximum absolute atomic E-state index is 11.2. The molecule has 4 nitrogen and oxygen atoms in total. The first-order valence-corrected chi connectivity index (χ1v) is 7.32. The molecule has 0 bridgehead atoms. The maximum Gasteiger partial charge on any atom is 0.170 e. The van der Waals surface area contributed by atoms with E-state index < -0.39 is 0 Å². The van der Waals surface area contributed by atoms with Crippen molar-refractivity contribution in [2.75, 3.05) is 25.5 Å². The Morgan fingerprint density at radius 2 is 1.85 bits per heavy atom. The molecule has 1 saturated heterocycles. The van der Waals surface area contributed by atoms with Crippen molar-refractivity contribution in [1.82, 2.24) is 10.2 Å². The number of ketones is 1. The number of piperidine rings is 1. The van der Waals surface area contributed by atoms with Crippen LogP contribution >= 0.6 is 12.2 Å². The smallest absolute Gasteiger partial charge is 0.170 e. The lowest BCUT2D eigenvalue weighted by molar-refractivity contribution is 0.101. The standard InChI is InChI=1S/C15H21N3OS/c1-11(19)12-3-5-13(6-4-12)16-15(20)17-14-7-9-18(2)10-8-14/h3-6,14H,7-10H2,1-2H3,(H2,16,17,20). The molecule has 0 aliphatic carbocycles. The predicted octanol–water partition coefficient (Wildman–Crippen LogP) is 2.27. The molecular formula is C15H21N3OS. The van der Waals surface area contributed by atoms with Gasteiger partial charge < -0.3 is 15.5 Å². The van der Waals surface area contributed by atoms with Gasteiger partial charge in [0.1, 0.15) is 0 Å². The molecule has 1 aromatic rings. The van der Waals surface area contributed by atoms with Crippen LogP contribution in [0.25, 0.3) is 0 Å². The molecule has 0 aromatic heterocycles. The zero-order valence-corrected chi connectivity index (χ0v) is 12.8. The van der Waals surface area contributed by atoms with Gasteiger partial charge in [-0.25, -0.2) is 0 Å². The molecule has 0 unspecified atom stereocenters. The second-order valence-electron chi connectivity index (χ2n) is 5.31.